The van der Waals surface area contributed by atoms with Crippen molar-refractivity contribution in [2.75, 3.05) is 10.8 Å². The number of anilines is 1. The molecule has 1 saturated carbocycles. The highest BCUT2D eigenvalue weighted by atomic mass is 32.2. The zero-order valence-electron chi connectivity index (χ0n) is 19.2. The molecule has 1 amide bonds. The van der Waals surface area contributed by atoms with Crippen LogP contribution >= 0.6 is 0 Å². The summed E-state index contributed by atoms with van der Waals surface area (Å²) in [6.07, 6.45) is 6.13. The standard InChI is InChI=1S/C25H28N4O4S/c1-18-26-24(28-33-18)25(14-6-2-3-7-15-25)27-23(30)20-10-8-11-21(17-20)34(31,32)29-16-13-19-9-4-5-12-22(19)29/h4-5,8-12,17H,2-3,6-7,13-16H2,1H3,(H,27,30). The molecule has 34 heavy (non-hydrogen) atoms. The Morgan fingerprint density at radius 2 is 1.82 bits per heavy atom. The van der Waals surface area contributed by atoms with E-state index < -0.39 is 15.6 Å². The van der Waals surface area contributed by atoms with Crippen molar-refractivity contribution in [1.82, 2.24) is 15.5 Å². The van der Waals surface area contributed by atoms with Gasteiger partial charge in [-0.05, 0) is 49.1 Å². The van der Waals surface area contributed by atoms with Crippen LogP contribution in [0.2, 0.25) is 0 Å². The monoisotopic (exact) mass is 480 g/mol. The van der Waals surface area contributed by atoms with E-state index in [4.69, 9.17) is 4.52 Å². The van der Waals surface area contributed by atoms with Crippen LogP contribution in [-0.4, -0.2) is 31.0 Å². The third kappa shape index (κ3) is 4.09. The number of nitrogens with one attached hydrogen (secondary N) is 1. The Balaban J connectivity index is 1.44. The first-order chi connectivity index (χ1) is 16.4. The number of aromatic nitrogens is 2. The van der Waals surface area contributed by atoms with Crippen LogP contribution in [0.15, 0.2) is 57.9 Å². The minimum Gasteiger partial charge on any atom is -0.340 e. The van der Waals surface area contributed by atoms with Gasteiger partial charge in [-0.2, -0.15) is 4.98 Å². The Bertz CT molecular complexity index is 1310. The van der Waals surface area contributed by atoms with Crippen LogP contribution in [0.1, 0.15) is 66.2 Å². The van der Waals surface area contributed by atoms with Crippen molar-refractivity contribution in [3.8, 4) is 0 Å². The average molecular weight is 481 g/mol. The summed E-state index contributed by atoms with van der Waals surface area (Å²) in [5, 5.41) is 7.28. The maximum atomic E-state index is 13.5. The topological polar surface area (TPSA) is 105 Å². The smallest absolute Gasteiger partial charge is 0.264 e. The molecular weight excluding hydrogens is 452 g/mol. The van der Waals surface area contributed by atoms with Crippen LogP contribution in [0.5, 0.6) is 0 Å². The molecular formula is C25H28N4O4S. The number of carbonyl (C=O) groups excluding carboxylic acids is 1. The lowest BCUT2D eigenvalue weighted by Crippen LogP contribution is -2.46. The number of rotatable bonds is 5. The van der Waals surface area contributed by atoms with E-state index in [1.54, 1.807) is 19.1 Å². The van der Waals surface area contributed by atoms with Crippen molar-refractivity contribution in [2.45, 2.75) is 62.3 Å². The van der Waals surface area contributed by atoms with Crippen molar-refractivity contribution in [3.63, 3.8) is 0 Å². The number of amides is 1. The first kappa shape index (κ1) is 22.6. The van der Waals surface area contributed by atoms with E-state index in [9.17, 15) is 13.2 Å². The van der Waals surface area contributed by atoms with Crippen molar-refractivity contribution in [1.29, 1.82) is 0 Å². The number of para-hydroxylation sites is 1. The molecule has 3 aromatic rings. The first-order valence-electron chi connectivity index (χ1n) is 11.7. The fourth-order valence-corrected chi connectivity index (χ4v) is 6.55. The Morgan fingerprint density at radius 3 is 2.56 bits per heavy atom. The number of aryl methyl sites for hydroxylation is 1. The lowest BCUT2D eigenvalue weighted by Gasteiger charge is -2.30. The summed E-state index contributed by atoms with van der Waals surface area (Å²) < 4.78 is 33.6. The van der Waals surface area contributed by atoms with Gasteiger partial charge in [0.15, 0.2) is 5.82 Å². The van der Waals surface area contributed by atoms with Crippen LogP contribution < -0.4 is 9.62 Å². The van der Waals surface area contributed by atoms with Gasteiger partial charge in [0.2, 0.25) is 5.89 Å². The fourth-order valence-electron chi connectivity index (χ4n) is 5.00. The summed E-state index contributed by atoms with van der Waals surface area (Å²) in [4.78, 5) is 17.9. The first-order valence-corrected chi connectivity index (χ1v) is 13.2. The highest BCUT2D eigenvalue weighted by Crippen LogP contribution is 2.36. The molecule has 0 unspecified atom stereocenters. The molecule has 2 aromatic carbocycles. The van der Waals surface area contributed by atoms with Crippen molar-refractivity contribution in [2.24, 2.45) is 0 Å². The second kappa shape index (κ2) is 8.87. The number of nitrogens with zero attached hydrogens (tertiary/aromatic N) is 3. The van der Waals surface area contributed by atoms with E-state index >= 15 is 0 Å². The molecule has 1 aliphatic heterocycles. The van der Waals surface area contributed by atoms with E-state index in [-0.39, 0.29) is 16.4 Å². The molecule has 5 rings (SSSR count). The molecule has 2 heterocycles. The Morgan fingerprint density at radius 1 is 1.06 bits per heavy atom. The lowest BCUT2D eigenvalue weighted by molar-refractivity contribution is 0.0876. The Kier molecular flexibility index (Phi) is 5.89. The van der Waals surface area contributed by atoms with Crippen molar-refractivity contribution >= 4 is 21.6 Å². The maximum Gasteiger partial charge on any atom is 0.264 e. The number of hydrogen-bond donors (Lipinski definition) is 1. The maximum absolute atomic E-state index is 13.5. The lowest BCUT2D eigenvalue weighted by atomic mass is 9.88. The molecule has 2 aliphatic rings. The van der Waals surface area contributed by atoms with Crippen molar-refractivity contribution in [3.05, 3.63) is 71.4 Å². The highest BCUT2D eigenvalue weighted by molar-refractivity contribution is 7.92. The number of carbonyl (C=O) groups is 1. The van der Waals surface area contributed by atoms with E-state index in [2.05, 4.69) is 15.5 Å². The Labute approximate surface area is 199 Å². The second-order valence-corrected chi connectivity index (χ2v) is 10.9. The molecule has 178 valence electrons. The minimum atomic E-state index is -3.80. The summed E-state index contributed by atoms with van der Waals surface area (Å²) in [6, 6.07) is 13.8. The molecule has 0 saturated heterocycles. The predicted octanol–water partition coefficient (Wildman–Crippen LogP) is 4.11. The average Bonchev–Trinajstić information content (AvgIpc) is 3.41. The largest absolute Gasteiger partial charge is 0.340 e. The van der Waals surface area contributed by atoms with Crippen LogP contribution in [0.3, 0.4) is 0 Å². The molecule has 1 N–H and O–H groups in total. The van der Waals surface area contributed by atoms with Gasteiger partial charge in [-0.15, -0.1) is 0 Å². The summed E-state index contributed by atoms with van der Waals surface area (Å²) >= 11 is 0. The predicted molar refractivity (Wildman–Crippen MR) is 127 cm³/mol. The summed E-state index contributed by atoms with van der Waals surface area (Å²) in [5.41, 5.74) is 1.26. The molecule has 0 atom stereocenters. The van der Waals surface area contributed by atoms with E-state index in [0.717, 1.165) is 31.2 Å². The quantitative estimate of drug-likeness (QED) is 0.551. The SMILES string of the molecule is Cc1nc(C2(NC(=O)c3cccc(S(=O)(=O)N4CCc5ccccc54)c3)CCCCCC2)no1. The van der Waals surface area contributed by atoms with Crippen LogP contribution in [0.25, 0.3) is 0 Å². The zero-order chi connectivity index (χ0) is 23.8. The second-order valence-electron chi connectivity index (χ2n) is 9.07. The van der Waals surface area contributed by atoms with Gasteiger partial charge in [-0.3, -0.25) is 9.10 Å². The molecule has 1 aromatic heterocycles. The van der Waals surface area contributed by atoms with Gasteiger partial charge in [0.1, 0.15) is 5.54 Å². The van der Waals surface area contributed by atoms with E-state index in [1.165, 1.54) is 16.4 Å². The Hall–Kier alpha value is -3.20. The third-order valence-corrected chi connectivity index (χ3v) is 8.60. The van der Waals surface area contributed by atoms with Gasteiger partial charge < -0.3 is 9.84 Å². The number of hydrogen-bond acceptors (Lipinski definition) is 6. The molecule has 0 radical (unpaired) electrons. The summed E-state index contributed by atoms with van der Waals surface area (Å²) in [5.74, 6) is 0.591. The number of fused-ring (bicyclic) bond motifs is 1. The molecule has 1 fully saturated rings. The molecule has 8 nitrogen and oxygen atoms in total. The normalized spacial score (nSPS) is 17.7. The molecule has 0 bridgehead atoms. The van der Waals surface area contributed by atoms with E-state index in [0.29, 0.717) is 43.2 Å². The van der Waals surface area contributed by atoms with Gasteiger partial charge >= 0.3 is 0 Å². The highest BCUT2D eigenvalue weighted by Gasteiger charge is 2.39. The van der Waals surface area contributed by atoms with Gasteiger partial charge in [0, 0.05) is 19.0 Å². The van der Waals surface area contributed by atoms with Gasteiger partial charge in [0.05, 0.1) is 10.6 Å². The fraction of sp³-hybridized carbons (Fsp3) is 0.400. The van der Waals surface area contributed by atoms with Gasteiger partial charge in [0.25, 0.3) is 15.9 Å². The number of sulfonamides is 1. The third-order valence-electron chi connectivity index (χ3n) is 6.79. The zero-order valence-corrected chi connectivity index (χ0v) is 20.0. The minimum absolute atomic E-state index is 0.0992. The van der Waals surface area contributed by atoms with Gasteiger partial charge in [-0.25, -0.2) is 8.42 Å². The molecule has 0 spiro atoms. The molecule has 9 heteroatoms. The van der Waals surface area contributed by atoms with E-state index in [1.807, 2.05) is 24.3 Å². The molecule has 1 aliphatic carbocycles. The van der Waals surface area contributed by atoms with Crippen LogP contribution in [0, 0.1) is 6.92 Å². The summed E-state index contributed by atoms with van der Waals surface area (Å²) in [7, 11) is -3.80. The summed E-state index contributed by atoms with van der Waals surface area (Å²) in [6.45, 7) is 2.12. The van der Waals surface area contributed by atoms with Crippen LogP contribution in [0.4, 0.5) is 5.69 Å². The number of benzene rings is 2. The van der Waals surface area contributed by atoms with Crippen molar-refractivity contribution < 1.29 is 17.7 Å². The van der Waals surface area contributed by atoms with Gasteiger partial charge in [-0.1, -0.05) is 55.1 Å². The van der Waals surface area contributed by atoms with Crippen LogP contribution in [-0.2, 0) is 22.0 Å².